The van der Waals surface area contributed by atoms with Crippen LogP contribution >= 0.6 is 11.6 Å². The number of methoxy groups -OCH3 is 2. The SMILES string of the molecule is COc1ccc([C@H](C(=O)NC2CCC(C)CC2)N(C[C@H]2COc3ccccc3O2)C(=O)CCl)cc1OC. The second kappa shape index (κ2) is 12.4. The number of carbonyl (C=O) groups excluding carboxylic acids is 2. The standard InChI is InChI=1S/C28H35ClN2O6/c1-18-8-11-20(12-9-18)30-28(33)27(19-10-13-22(34-2)25(14-19)35-3)31(26(32)15-29)16-21-17-36-23-6-4-5-7-24(23)37-21/h4-7,10,13-14,18,20-21,27H,8-9,11-12,15-17H2,1-3H3,(H,30,33)/t18?,20?,21-,27+/m0/s1. The van der Waals surface area contributed by atoms with Crippen molar-refractivity contribution >= 4 is 23.4 Å². The van der Waals surface area contributed by atoms with E-state index in [2.05, 4.69) is 12.2 Å². The summed E-state index contributed by atoms with van der Waals surface area (Å²) < 4.78 is 22.9. The maximum atomic E-state index is 13.9. The Morgan fingerprint density at radius 2 is 1.76 bits per heavy atom. The van der Waals surface area contributed by atoms with Crippen molar-refractivity contribution in [2.45, 2.75) is 50.8 Å². The molecule has 37 heavy (non-hydrogen) atoms. The highest BCUT2D eigenvalue weighted by Crippen LogP contribution is 2.35. The van der Waals surface area contributed by atoms with Gasteiger partial charge in [0.1, 0.15) is 18.5 Å². The summed E-state index contributed by atoms with van der Waals surface area (Å²) in [7, 11) is 3.08. The van der Waals surface area contributed by atoms with Gasteiger partial charge in [-0.05, 0) is 61.4 Å². The molecule has 9 heteroatoms. The van der Waals surface area contributed by atoms with Crippen LogP contribution in [0.4, 0.5) is 0 Å². The molecule has 1 saturated carbocycles. The first kappa shape index (κ1) is 26.9. The minimum Gasteiger partial charge on any atom is -0.493 e. The highest BCUT2D eigenvalue weighted by molar-refractivity contribution is 6.27. The van der Waals surface area contributed by atoms with Crippen molar-refractivity contribution in [3.05, 3.63) is 48.0 Å². The summed E-state index contributed by atoms with van der Waals surface area (Å²) in [4.78, 5) is 28.6. The van der Waals surface area contributed by atoms with Crippen molar-refractivity contribution < 1.29 is 28.5 Å². The number of hydrogen-bond donors (Lipinski definition) is 1. The van der Waals surface area contributed by atoms with E-state index in [9.17, 15) is 9.59 Å². The van der Waals surface area contributed by atoms with E-state index in [0.29, 0.717) is 34.5 Å². The lowest BCUT2D eigenvalue weighted by atomic mass is 9.87. The fourth-order valence-corrected chi connectivity index (χ4v) is 5.13. The van der Waals surface area contributed by atoms with Crippen LogP contribution in [-0.4, -0.2) is 62.1 Å². The van der Waals surface area contributed by atoms with Gasteiger partial charge in [-0.3, -0.25) is 9.59 Å². The van der Waals surface area contributed by atoms with E-state index in [1.807, 2.05) is 24.3 Å². The summed E-state index contributed by atoms with van der Waals surface area (Å²) in [5.41, 5.74) is 0.593. The molecule has 0 bridgehead atoms. The number of benzene rings is 2. The lowest BCUT2D eigenvalue weighted by Gasteiger charge is -2.36. The molecule has 1 aliphatic carbocycles. The predicted molar refractivity (Wildman–Crippen MR) is 141 cm³/mol. The van der Waals surface area contributed by atoms with Gasteiger partial charge < -0.3 is 29.2 Å². The molecule has 0 aromatic heterocycles. The molecule has 2 atom stereocenters. The van der Waals surface area contributed by atoms with E-state index in [4.69, 9.17) is 30.5 Å². The Balaban J connectivity index is 1.65. The summed E-state index contributed by atoms with van der Waals surface area (Å²) >= 11 is 6.06. The summed E-state index contributed by atoms with van der Waals surface area (Å²) in [6.45, 7) is 2.59. The fourth-order valence-electron chi connectivity index (χ4n) is 4.98. The van der Waals surface area contributed by atoms with Crippen LogP contribution in [0.2, 0.25) is 0 Å². The van der Waals surface area contributed by atoms with E-state index < -0.39 is 12.1 Å². The van der Waals surface area contributed by atoms with Crippen LogP contribution in [0.5, 0.6) is 23.0 Å². The molecule has 0 unspecified atom stereocenters. The molecule has 0 radical (unpaired) electrons. The van der Waals surface area contributed by atoms with Crippen LogP contribution in [0.3, 0.4) is 0 Å². The number of nitrogens with zero attached hydrogens (tertiary/aromatic N) is 1. The van der Waals surface area contributed by atoms with E-state index >= 15 is 0 Å². The number of hydrogen-bond acceptors (Lipinski definition) is 6. The van der Waals surface area contributed by atoms with Crippen LogP contribution < -0.4 is 24.3 Å². The van der Waals surface area contributed by atoms with Gasteiger partial charge in [0.15, 0.2) is 29.1 Å². The van der Waals surface area contributed by atoms with Crippen LogP contribution in [0.25, 0.3) is 0 Å². The normalized spacial score (nSPS) is 21.5. The van der Waals surface area contributed by atoms with Gasteiger partial charge in [-0.25, -0.2) is 0 Å². The van der Waals surface area contributed by atoms with Crippen LogP contribution in [0.15, 0.2) is 42.5 Å². The topological polar surface area (TPSA) is 86.3 Å². The molecular weight excluding hydrogens is 496 g/mol. The number of alkyl halides is 1. The fraction of sp³-hybridized carbons (Fsp3) is 0.500. The van der Waals surface area contributed by atoms with Crippen molar-refractivity contribution in [3.8, 4) is 23.0 Å². The number of halogens is 1. The molecule has 200 valence electrons. The van der Waals surface area contributed by atoms with Crippen molar-refractivity contribution in [2.75, 3.05) is 33.3 Å². The summed E-state index contributed by atoms with van der Waals surface area (Å²) in [5.74, 6) is 1.97. The summed E-state index contributed by atoms with van der Waals surface area (Å²) in [6, 6.07) is 11.7. The molecule has 8 nitrogen and oxygen atoms in total. The van der Waals surface area contributed by atoms with E-state index in [1.165, 1.54) is 12.0 Å². The van der Waals surface area contributed by atoms with Gasteiger partial charge in [-0.2, -0.15) is 0 Å². The van der Waals surface area contributed by atoms with E-state index in [-0.39, 0.29) is 36.9 Å². The number of fused-ring (bicyclic) bond motifs is 1. The third-order valence-electron chi connectivity index (χ3n) is 7.05. The van der Waals surface area contributed by atoms with Crippen molar-refractivity contribution in [1.29, 1.82) is 0 Å². The molecule has 2 aliphatic rings. The quantitative estimate of drug-likeness (QED) is 0.485. The average Bonchev–Trinajstić information content (AvgIpc) is 2.93. The molecule has 4 rings (SSSR count). The molecule has 1 aliphatic heterocycles. The molecule has 1 heterocycles. The van der Waals surface area contributed by atoms with Crippen LogP contribution in [0, 0.1) is 5.92 Å². The molecule has 2 aromatic rings. The zero-order valence-electron chi connectivity index (χ0n) is 21.6. The average molecular weight is 531 g/mol. The Kier molecular flexibility index (Phi) is 9.03. The highest BCUT2D eigenvalue weighted by atomic mass is 35.5. The van der Waals surface area contributed by atoms with E-state index in [1.54, 1.807) is 25.3 Å². The minimum atomic E-state index is -0.939. The monoisotopic (exact) mass is 530 g/mol. The van der Waals surface area contributed by atoms with Gasteiger partial charge in [-0.15, -0.1) is 11.6 Å². The van der Waals surface area contributed by atoms with Gasteiger partial charge in [0.25, 0.3) is 0 Å². The molecule has 2 amide bonds. The Bertz CT molecular complexity index is 1090. The first-order valence-corrected chi connectivity index (χ1v) is 13.2. The Hall–Kier alpha value is -3.13. The lowest BCUT2D eigenvalue weighted by molar-refractivity contribution is -0.141. The number of para-hydroxylation sites is 2. The van der Waals surface area contributed by atoms with Crippen molar-refractivity contribution in [3.63, 3.8) is 0 Å². The largest absolute Gasteiger partial charge is 0.493 e. The molecule has 2 aromatic carbocycles. The number of ether oxygens (including phenoxy) is 4. The molecular formula is C28H35ClN2O6. The van der Waals surface area contributed by atoms with E-state index in [0.717, 1.165) is 25.7 Å². The van der Waals surface area contributed by atoms with Crippen LogP contribution in [-0.2, 0) is 9.59 Å². The van der Waals surface area contributed by atoms with Crippen molar-refractivity contribution in [1.82, 2.24) is 10.2 Å². The first-order chi connectivity index (χ1) is 17.9. The molecule has 1 N–H and O–H groups in total. The zero-order valence-corrected chi connectivity index (χ0v) is 22.3. The predicted octanol–water partition coefficient (Wildman–Crippen LogP) is 4.35. The van der Waals surface area contributed by atoms with Crippen molar-refractivity contribution in [2.24, 2.45) is 5.92 Å². The second-order valence-electron chi connectivity index (χ2n) is 9.66. The highest BCUT2D eigenvalue weighted by Gasteiger charge is 2.36. The maximum absolute atomic E-state index is 13.9. The van der Waals surface area contributed by atoms with Gasteiger partial charge >= 0.3 is 0 Å². The molecule has 0 spiro atoms. The van der Waals surface area contributed by atoms with Gasteiger partial charge in [0.05, 0.1) is 20.8 Å². The second-order valence-corrected chi connectivity index (χ2v) is 9.93. The zero-order chi connectivity index (χ0) is 26.4. The third kappa shape index (κ3) is 6.42. The lowest BCUT2D eigenvalue weighted by Crippen LogP contribution is -2.51. The van der Waals surface area contributed by atoms with Gasteiger partial charge in [0.2, 0.25) is 11.8 Å². The maximum Gasteiger partial charge on any atom is 0.247 e. The molecule has 1 fully saturated rings. The molecule has 0 saturated heterocycles. The number of carbonyl (C=O) groups is 2. The first-order valence-electron chi connectivity index (χ1n) is 12.7. The number of nitrogens with one attached hydrogen (secondary N) is 1. The Morgan fingerprint density at radius 3 is 2.43 bits per heavy atom. The Labute approximate surface area is 223 Å². The van der Waals surface area contributed by atoms with Crippen LogP contribution in [0.1, 0.15) is 44.2 Å². The number of rotatable bonds is 9. The number of amides is 2. The summed E-state index contributed by atoms with van der Waals surface area (Å²) in [5, 5.41) is 3.20. The third-order valence-corrected chi connectivity index (χ3v) is 7.28. The van der Waals surface area contributed by atoms with Gasteiger partial charge in [0, 0.05) is 6.04 Å². The summed E-state index contributed by atoms with van der Waals surface area (Å²) in [6.07, 6.45) is 3.45. The smallest absolute Gasteiger partial charge is 0.247 e. The van der Waals surface area contributed by atoms with Gasteiger partial charge in [-0.1, -0.05) is 25.1 Å². The minimum absolute atomic E-state index is 0.0560. The Morgan fingerprint density at radius 1 is 1.05 bits per heavy atom.